The monoisotopic (exact) mass is 298 g/mol. The number of rotatable bonds is 5. The molecule has 0 bridgehead atoms. The van der Waals surface area contributed by atoms with Gasteiger partial charge in [-0.3, -0.25) is 9.59 Å². The van der Waals surface area contributed by atoms with Crippen LogP contribution in [-0.4, -0.2) is 24.1 Å². The molecule has 0 aromatic rings. The van der Waals surface area contributed by atoms with Crippen molar-refractivity contribution in [3.05, 3.63) is 0 Å². The first-order valence-corrected chi connectivity index (χ1v) is 8.13. The van der Waals surface area contributed by atoms with Crippen LogP contribution in [0.25, 0.3) is 0 Å². The van der Waals surface area contributed by atoms with Crippen molar-refractivity contribution < 1.29 is 19.1 Å². The van der Waals surface area contributed by atoms with Crippen molar-refractivity contribution in [3.63, 3.8) is 0 Å². The zero-order chi connectivity index (χ0) is 16.2. The number of hydrogen-bond acceptors (Lipinski definition) is 4. The lowest BCUT2D eigenvalue weighted by molar-refractivity contribution is -0.170. The van der Waals surface area contributed by atoms with E-state index in [-0.39, 0.29) is 18.1 Å². The van der Waals surface area contributed by atoms with Gasteiger partial charge in [0.25, 0.3) is 0 Å². The van der Waals surface area contributed by atoms with E-state index >= 15 is 0 Å². The molecule has 21 heavy (non-hydrogen) atoms. The maximum Gasteiger partial charge on any atom is 0.320 e. The molecule has 0 radical (unpaired) electrons. The summed E-state index contributed by atoms with van der Waals surface area (Å²) in [6, 6.07) is 0. The van der Waals surface area contributed by atoms with Crippen LogP contribution in [0.2, 0.25) is 0 Å². The first-order chi connectivity index (χ1) is 9.72. The molecule has 4 nitrogen and oxygen atoms in total. The molecule has 3 atom stereocenters. The minimum absolute atomic E-state index is 0.0358. The highest BCUT2D eigenvalue weighted by atomic mass is 16.6. The predicted octanol–water partition coefficient (Wildman–Crippen LogP) is 3.58. The second-order valence-corrected chi connectivity index (χ2v) is 6.98. The van der Waals surface area contributed by atoms with Crippen LogP contribution in [0, 0.1) is 23.7 Å². The second kappa shape index (κ2) is 7.81. The maximum atomic E-state index is 12.3. The summed E-state index contributed by atoms with van der Waals surface area (Å²) >= 11 is 0. The van der Waals surface area contributed by atoms with Gasteiger partial charge in [-0.15, -0.1) is 0 Å². The van der Waals surface area contributed by atoms with Crippen molar-refractivity contribution in [1.82, 2.24) is 0 Å². The van der Waals surface area contributed by atoms with E-state index < -0.39 is 17.9 Å². The largest absolute Gasteiger partial charge is 0.462 e. The molecule has 4 heteroatoms. The lowest BCUT2D eigenvalue weighted by Crippen LogP contribution is -2.39. The fourth-order valence-electron chi connectivity index (χ4n) is 2.98. The van der Waals surface area contributed by atoms with Crippen molar-refractivity contribution in [2.75, 3.05) is 0 Å². The Morgan fingerprint density at radius 3 is 1.71 bits per heavy atom. The highest BCUT2D eigenvalue weighted by Crippen LogP contribution is 2.38. The molecule has 0 spiro atoms. The molecule has 0 aromatic heterocycles. The Bertz CT molecular complexity index is 340. The predicted molar refractivity (Wildman–Crippen MR) is 81.6 cm³/mol. The zero-order valence-corrected chi connectivity index (χ0v) is 14.2. The third-order valence-corrected chi connectivity index (χ3v) is 4.32. The van der Waals surface area contributed by atoms with Gasteiger partial charge in [-0.2, -0.15) is 0 Å². The third-order valence-electron chi connectivity index (χ3n) is 4.32. The molecule has 0 saturated heterocycles. The standard InChI is InChI=1S/C17H30O4/c1-10(2)20-16(18)15(17(19)21-11(3)4)14-8-7-12(5)13(6)9-14/h10-15H,7-9H2,1-6H3. The second-order valence-electron chi connectivity index (χ2n) is 6.98. The van der Waals surface area contributed by atoms with Crippen LogP contribution >= 0.6 is 0 Å². The number of hydrogen-bond donors (Lipinski definition) is 0. The molecule has 3 unspecified atom stereocenters. The van der Waals surface area contributed by atoms with E-state index in [0.717, 1.165) is 19.3 Å². The molecular formula is C17H30O4. The Hall–Kier alpha value is -1.06. The highest BCUT2D eigenvalue weighted by Gasteiger charge is 2.41. The average Bonchev–Trinajstić information content (AvgIpc) is 2.32. The van der Waals surface area contributed by atoms with Gasteiger partial charge in [0.1, 0.15) is 0 Å². The lowest BCUT2D eigenvalue weighted by Gasteiger charge is -2.35. The van der Waals surface area contributed by atoms with Crippen LogP contribution in [0.3, 0.4) is 0 Å². The first kappa shape index (κ1) is 18.0. The summed E-state index contributed by atoms with van der Waals surface area (Å²) in [5, 5.41) is 0. The van der Waals surface area contributed by atoms with Crippen LogP contribution in [0.15, 0.2) is 0 Å². The van der Waals surface area contributed by atoms with Gasteiger partial charge in [0.05, 0.1) is 12.2 Å². The summed E-state index contributed by atoms with van der Waals surface area (Å²) in [6.45, 7) is 11.6. The first-order valence-electron chi connectivity index (χ1n) is 8.13. The summed E-state index contributed by atoms with van der Waals surface area (Å²) in [7, 11) is 0. The van der Waals surface area contributed by atoms with Crippen LogP contribution in [0.5, 0.6) is 0 Å². The molecule has 0 amide bonds. The van der Waals surface area contributed by atoms with Gasteiger partial charge >= 0.3 is 11.9 Å². The highest BCUT2D eigenvalue weighted by molar-refractivity contribution is 5.95. The Morgan fingerprint density at radius 2 is 1.33 bits per heavy atom. The summed E-state index contributed by atoms with van der Waals surface area (Å²) in [5.41, 5.74) is 0. The molecule has 1 aliphatic rings. The maximum absolute atomic E-state index is 12.3. The van der Waals surface area contributed by atoms with Crippen LogP contribution in [0.4, 0.5) is 0 Å². The third kappa shape index (κ3) is 5.33. The van der Waals surface area contributed by atoms with E-state index in [2.05, 4.69) is 13.8 Å². The van der Waals surface area contributed by atoms with Gasteiger partial charge < -0.3 is 9.47 Å². The molecule has 0 heterocycles. The molecule has 0 aromatic carbocycles. The number of esters is 2. The molecule has 1 aliphatic carbocycles. The van der Waals surface area contributed by atoms with Gasteiger partial charge in [-0.1, -0.05) is 20.3 Å². The number of carbonyl (C=O) groups is 2. The summed E-state index contributed by atoms with van der Waals surface area (Å²) in [4.78, 5) is 24.7. The summed E-state index contributed by atoms with van der Waals surface area (Å²) in [5.74, 6) is -0.433. The molecule has 0 aliphatic heterocycles. The molecule has 1 saturated carbocycles. The summed E-state index contributed by atoms with van der Waals surface area (Å²) in [6.07, 6.45) is 2.38. The molecule has 122 valence electrons. The van der Waals surface area contributed by atoms with Crippen molar-refractivity contribution in [3.8, 4) is 0 Å². The number of carbonyl (C=O) groups excluding carboxylic acids is 2. The SMILES string of the molecule is CC(C)OC(=O)C(C(=O)OC(C)C)C1CCC(C)C(C)C1. The van der Waals surface area contributed by atoms with Gasteiger partial charge in [0.2, 0.25) is 0 Å². The van der Waals surface area contributed by atoms with Crippen LogP contribution < -0.4 is 0 Å². The Labute approximate surface area is 128 Å². The van der Waals surface area contributed by atoms with Crippen molar-refractivity contribution >= 4 is 11.9 Å². The quantitative estimate of drug-likeness (QED) is 0.575. The zero-order valence-electron chi connectivity index (χ0n) is 14.2. The van der Waals surface area contributed by atoms with Crippen LogP contribution in [-0.2, 0) is 19.1 Å². The van der Waals surface area contributed by atoms with Crippen LogP contribution in [0.1, 0.15) is 60.8 Å². The topological polar surface area (TPSA) is 52.6 Å². The fraction of sp³-hybridized carbons (Fsp3) is 0.882. The van der Waals surface area contributed by atoms with E-state index in [9.17, 15) is 9.59 Å². The normalized spacial score (nSPS) is 26.2. The van der Waals surface area contributed by atoms with Gasteiger partial charge in [-0.05, 0) is 58.3 Å². The Balaban J connectivity index is 2.85. The van der Waals surface area contributed by atoms with Gasteiger partial charge in [0, 0.05) is 0 Å². The minimum Gasteiger partial charge on any atom is -0.462 e. The average molecular weight is 298 g/mol. The smallest absolute Gasteiger partial charge is 0.320 e. The Kier molecular flexibility index (Phi) is 6.69. The summed E-state index contributed by atoms with van der Waals surface area (Å²) < 4.78 is 10.6. The number of ether oxygens (including phenoxy) is 2. The molecular weight excluding hydrogens is 268 g/mol. The Morgan fingerprint density at radius 1 is 0.857 bits per heavy atom. The minimum atomic E-state index is -0.773. The lowest BCUT2D eigenvalue weighted by atomic mass is 9.71. The fourth-order valence-corrected chi connectivity index (χ4v) is 2.98. The molecule has 0 N–H and O–H groups in total. The van der Waals surface area contributed by atoms with E-state index in [0.29, 0.717) is 11.8 Å². The van der Waals surface area contributed by atoms with E-state index in [4.69, 9.17) is 9.47 Å². The van der Waals surface area contributed by atoms with Crippen molar-refractivity contribution in [2.24, 2.45) is 23.7 Å². The van der Waals surface area contributed by atoms with E-state index in [1.807, 2.05) is 0 Å². The molecule has 1 fully saturated rings. The van der Waals surface area contributed by atoms with E-state index in [1.165, 1.54) is 0 Å². The van der Waals surface area contributed by atoms with Gasteiger partial charge in [-0.25, -0.2) is 0 Å². The van der Waals surface area contributed by atoms with Crippen molar-refractivity contribution in [2.45, 2.75) is 73.0 Å². The van der Waals surface area contributed by atoms with Gasteiger partial charge in [0.15, 0.2) is 5.92 Å². The van der Waals surface area contributed by atoms with Crippen molar-refractivity contribution in [1.29, 1.82) is 0 Å². The van der Waals surface area contributed by atoms with E-state index in [1.54, 1.807) is 27.7 Å². The molecule has 1 rings (SSSR count).